The Morgan fingerprint density at radius 1 is 1.05 bits per heavy atom. The van der Waals surface area contributed by atoms with Gasteiger partial charge in [-0.3, -0.25) is 9.36 Å². The van der Waals surface area contributed by atoms with E-state index in [1.54, 1.807) is 34.9 Å². The molecule has 40 heavy (non-hydrogen) atoms. The maximum absolute atomic E-state index is 13.8. The highest BCUT2D eigenvalue weighted by atomic mass is 32.1. The van der Waals surface area contributed by atoms with Crippen LogP contribution in [0.5, 0.6) is 11.5 Å². The van der Waals surface area contributed by atoms with Crippen LogP contribution in [-0.2, 0) is 16.1 Å². The third-order valence-corrected chi connectivity index (χ3v) is 7.54. The Morgan fingerprint density at radius 3 is 2.48 bits per heavy atom. The first-order valence-electron chi connectivity index (χ1n) is 12.7. The quantitative estimate of drug-likeness (QED) is 0.297. The van der Waals surface area contributed by atoms with E-state index in [2.05, 4.69) is 0 Å². The monoisotopic (exact) mass is 558 g/mol. The fourth-order valence-electron chi connectivity index (χ4n) is 4.60. The van der Waals surface area contributed by atoms with Gasteiger partial charge in [-0.1, -0.05) is 66.8 Å². The molecule has 1 atom stereocenters. The molecule has 0 bridgehead atoms. The third-order valence-electron chi connectivity index (χ3n) is 6.56. The van der Waals surface area contributed by atoms with E-state index in [1.165, 1.54) is 37.7 Å². The summed E-state index contributed by atoms with van der Waals surface area (Å²) < 4.78 is 31.8. The van der Waals surface area contributed by atoms with E-state index in [-0.39, 0.29) is 18.0 Å². The first-order chi connectivity index (χ1) is 19.4. The van der Waals surface area contributed by atoms with Crippen molar-refractivity contribution in [3.63, 3.8) is 0 Å². The van der Waals surface area contributed by atoms with Crippen molar-refractivity contribution in [3.8, 4) is 11.5 Å². The summed E-state index contributed by atoms with van der Waals surface area (Å²) in [6.45, 7) is 2.17. The van der Waals surface area contributed by atoms with Crippen LogP contribution in [0.1, 0.15) is 36.1 Å². The summed E-state index contributed by atoms with van der Waals surface area (Å²) >= 11 is 1.26. The molecule has 0 unspecified atom stereocenters. The van der Waals surface area contributed by atoms with E-state index in [0.29, 0.717) is 38.5 Å². The van der Waals surface area contributed by atoms with Gasteiger partial charge in [0.15, 0.2) is 16.3 Å². The third kappa shape index (κ3) is 5.33. The van der Waals surface area contributed by atoms with Crippen molar-refractivity contribution in [1.29, 1.82) is 0 Å². The van der Waals surface area contributed by atoms with Gasteiger partial charge in [-0.05, 0) is 53.5 Å². The summed E-state index contributed by atoms with van der Waals surface area (Å²) in [6.07, 6.45) is 2.28. The van der Waals surface area contributed by atoms with Crippen molar-refractivity contribution in [2.24, 2.45) is 4.99 Å². The molecule has 204 valence electrons. The number of methoxy groups -OCH3 is 2. The lowest BCUT2D eigenvalue weighted by Gasteiger charge is -2.25. The zero-order chi connectivity index (χ0) is 28.2. The van der Waals surface area contributed by atoms with Crippen molar-refractivity contribution in [3.05, 3.63) is 126 Å². The summed E-state index contributed by atoms with van der Waals surface area (Å²) in [6, 6.07) is 20.2. The lowest BCUT2D eigenvalue weighted by atomic mass is 9.95. The van der Waals surface area contributed by atoms with Crippen LogP contribution in [0, 0.1) is 5.82 Å². The Labute approximate surface area is 234 Å². The second kappa shape index (κ2) is 11.7. The van der Waals surface area contributed by atoms with Gasteiger partial charge >= 0.3 is 5.97 Å². The predicted octanol–water partition coefficient (Wildman–Crippen LogP) is 4.53. The van der Waals surface area contributed by atoms with E-state index in [1.807, 2.05) is 43.3 Å². The van der Waals surface area contributed by atoms with Crippen molar-refractivity contribution >= 4 is 23.4 Å². The van der Waals surface area contributed by atoms with Gasteiger partial charge in [0.2, 0.25) is 0 Å². The number of carbonyl (C=O) groups excluding carboxylic acids is 1. The Hall–Kier alpha value is -4.50. The summed E-state index contributed by atoms with van der Waals surface area (Å²) in [4.78, 5) is 31.9. The van der Waals surface area contributed by atoms with Gasteiger partial charge < -0.3 is 14.2 Å². The van der Waals surface area contributed by atoms with E-state index in [4.69, 9.17) is 19.2 Å². The highest BCUT2D eigenvalue weighted by Crippen LogP contribution is 2.32. The number of fused-ring (bicyclic) bond motifs is 1. The Morgan fingerprint density at radius 2 is 1.80 bits per heavy atom. The fourth-order valence-corrected chi connectivity index (χ4v) is 5.62. The molecule has 1 aliphatic heterocycles. The van der Waals surface area contributed by atoms with Crippen LogP contribution < -0.4 is 24.4 Å². The molecule has 1 aromatic heterocycles. The minimum atomic E-state index is -0.654. The number of rotatable bonds is 8. The normalized spacial score (nSPS) is 14.9. The van der Waals surface area contributed by atoms with Crippen LogP contribution >= 0.6 is 11.3 Å². The van der Waals surface area contributed by atoms with Gasteiger partial charge in [0.1, 0.15) is 12.4 Å². The molecule has 7 nitrogen and oxygen atoms in total. The lowest BCUT2D eigenvalue weighted by Crippen LogP contribution is -2.40. The number of benzene rings is 3. The largest absolute Gasteiger partial charge is 0.493 e. The highest BCUT2D eigenvalue weighted by Gasteiger charge is 2.33. The van der Waals surface area contributed by atoms with Crippen molar-refractivity contribution in [2.75, 3.05) is 14.2 Å². The second-order valence-corrected chi connectivity index (χ2v) is 10.0. The van der Waals surface area contributed by atoms with Crippen molar-refractivity contribution in [1.82, 2.24) is 4.57 Å². The molecule has 0 amide bonds. The molecule has 0 saturated heterocycles. The smallest absolute Gasteiger partial charge is 0.338 e. The minimum absolute atomic E-state index is 0.246. The standard InChI is InChI=1S/C31H27FN2O5S/c1-4-23-27(30(36)38-3)28(21-8-6-5-7-9-21)34-29(35)26(40-31(34)33-23)17-20-12-15-24(25(16-20)37-2)39-18-19-10-13-22(32)14-11-19/h5-17,28H,4,18H2,1-3H3/b26-17-/t28-/m1/s1. The van der Waals surface area contributed by atoms with Crippen LogP contribution in [0.15, 0.2) is 93.9 Å². The lowest BCUT2D eigenvalue weighted by molar-refractivity contribution is -0.136. The molecule has 3 aromatic carbocycles. The SMILES string of the molecule is CCC1=C(C(=O)OC)[C@@H](c2ccccc2)n2c(s/c(=C\c3ccc(OCc4ccc(F)cc4)c(OC)c3)c2=O)=N1. The Kier molecular flexibility index (Phi) is 7.93. The van der Waals surface area contributed by atoms with Gasteiger partial charge in [-0.25, -0.2) is 14.2 Å². The molecular formula is C31H27FN2O5S. The molecule has 0 saturated carbocycles. The van der Waals surface area contributed by atoms with Crippen molar-refractivity contribution < 1.29 is 23.4 Å². The predicted molar refractivity (Wildman–Crippen MR) is 151 cm³/mol. The number of carbonyl (C=O) groups is 1. The van der Waals surface area contributed by atoms with Gasteiger partial charge in [-0.2, -0.15) is 0 Å². The van der Waals surface area contributed by atoms with Crippen LogP contribution in [-0.4, -0.2) is 24.8 Å². The van der Waals surface area contributed by atoms with Crippen LogP contribution in [0.2, 0.25) is 0 Å². The molecule has 1 aliphatic rings. The maximum Gasteiger partial charge on any atom is 0.338 e. The van der Waals surface area contributed by atoms with Gasteiger partial charge in [0.05, 0.1) is 36.1 Å². The number of aromatic nitrogens is 1. The summed E-state index contributed by atoms with van der Waals surface area (Å²) in [5, 5.41) is 0. The van der Waals surface area contributed by atoms with Crippen LogP contribution in [0.25, 0.3) is 6.08 Å². The number of hydrogen-bond donors (Lipinski definition) is 0. The number of halogens is 1. The van der Waals surface area contributed by atoms with Gasteiger partial charge in [-0.15, -0.1) is 0 Å². The van der Waals surface area contributed by atoms with Gasteiger partial charge in [0.25, 0.3) is 5.56 Å². The molecule has 5 rings (SSSR count). The second-order valence-electron chi connectivity index (χ2n) is 9.02. The number of nitrogens with zero attached hydrogens (tertiary/aromatic N) is 2. The van der Waals surface area contributed by atoms with E-state index >= 15 is 0 Å². The zero-order valence-corrected chi connectivity index (χ0v) is 23.0. The number of thiazole rings is 1. The van der Waals surface area contributed by atoms with Crippen molar-refractivity contribution in [2.45, 2.75) is 26.0 Å². The summed E-state index contributed by atoms with van der Waals surface area (Å²) in [7, 11) is 2.87. The summed E-state index contributed by atoms with van der Waals surface area (Å²) in [5.41, 5.74) is 3.04. The molecule has 2 heterocycles. The molecular weight excluding hydrogens is 531 g/mol. The zero-order valence-electron chi connectivity index (χ0n) is 22.2. The molecule has 0 aliphatic carbocycles. The molecule has 4 aromatic rings. The first kappa shape index (κ1) is 27.1. The molecule has 0 radical (unpaired) electrons. The number of esters is 1. The van der Waals surface area contributed by atoms with Gasteiger partial charge in [0, 0.05) is 0 Å². The average Bonchev–Trinajstić information content (AvgIpc) is 3.30. The van der Waals surface area contributed by atoms with Crippen LogP contribution in [0.3, 0.4) is 0 Å². The number of ether oxygens (including phenoxy) is 3. The number of allylic oxidation sites excluding steroid dienone is 1. The van der Waals surface area contributed by atoms with E-state index in [0.717, 1.165) is 16.7 Å². The highest BCUT2D eigenvalue weighted by molar-refractivity contribution is 7.07. The van der Waals surface area contributed by atoms with Crippen LogP contribution in [0.4, 0.5) is 4.39 Å². The van der Waals surface area contributed by atoms with E-state index < -0.39 is 12.0 Å². The fraction of sp³-hybridized carbons (Fsp3) is 0.194. The maximum atomic E-state index is 13.8. The number of hydrogen-bond acceptors (Lipinski definition) is 7. The minimum Gasteiger partial charge on any atom is -0.493 e. The summed E-state index contributed by atoms with van der Waals surface area (Å²) in [5.74, 6) is 0.194. The topological polar surface area (TPSA) is 79.1 Å². The first-order valence-corrected chi connectivity index (χ1v) is 13.5. The average molecular weight is 559 g/mol. The molecule has 0 spiro atoms. The van der Waals surface area contributed by atoms with E-state index in [9.17, 15) is 14.0 Å². The molecule has 0 fully saturated rings. The Bertz CT molecular complexity index is 1760. The molecule has 0 N–H and O–H groups in total. The molecule has 9 heteroatoms. The Balaban J connectivity index is 1.55.